The fourth-order valence-electron chi connectivity index (χ4n) is 8.60. The number of pyridine rings is 1. The number of fused-ring (bicyclic) bond motifs is 3. The van der Waals surface area contributed by atoms with Gasteiger partial charge in [-0.15, -0.1) is 0 Å². The molecule has 2 aromatic heterocycles. The predicted molar refractivity (Wildman–Crippen MR) is 171 cm³/mol. The van der Waals surface area contributed by atoms with Crippen molar-refractivity contribution in [3.63, 3.8) is 0 Å². The second-order valence-electron chi connectivity index (χ2n) is 13.6. The summed E-state index contributed by atoms with van der Waals surface area (Å²) in [5.74, 6) is -1.48. The maximum absolute atomic E-state index is 16.8. The average molecular weight is 668 g/mol. The van der Waals surface area contributed by atoms with Gasteiger partial charge in [0, 0.05) is 36.7 Å². The molecule has 0 saturated carbocycles. The van der Waals surface area contributed by atoms with Crippen LogP contribution in [0.15, 0.2) is 30.5 Å². The van der Waals surface area contributed by atoms with Gasteiger partial charge in [0.15, 0.2) is 15.7 Å². The third kappa shape index (κ3) is 4.63. The van der Waals surface area contributed by atoms with E-state index in [2.05, 4.69) is 25.2 Å². The highest BCUT2D eigenvalue weighted by atomic mass is 32.2. The minimum absolute atomic E-state index is 0.0829. The molecule has 9 nitrogen and oxygen atoms in total. The lowest BCUT2D eigenvalue weighted by Crippen LogP contribution is -2.60. The highest BCUT2D eigenvalue weighted by Crippen LogP contribution is 2.54. The minimum Gasteiger partial charge on any atom is -0.508 e. The molecule has 0 amide bonds. The summed E-state index contributed by atoms with van der Waals surface area (Å²) in [6.45, 7) is 4.05. The maximum atomic E-state index is 16.8. The number of aromatic nitrogens is 3. The Balaban J connectivity index is 1.28. The predicted octanol–water partition coefficient (Wildman–Crippen LogP) is 5.33. The number of benzene rings is 2. The molecule has 2 unspecified atom stereocenters. The molecule has 2 N–H and O–H groups in total. The van der Waals surface area contributed by atoms with Gasteiger partial charge in [-0.1, -0.05) is 13.0 Å². The third-order valence-electron chi connectivity index (χ3n) is 11.0. The Kier molecular flexibility index (Phi) is 7.20. The second-order valence-corrected chi connectivity index (χ2v) is 16.1. The number of nitrogens with one attached hydrogen (secondary N) is 1. The first-order chi connectivity index (χ1) is 22.6. The van der Waals surface area contributed by atoms with E-state index < -0.39 is 43.2 Å². The molecule has 4 atom stereocenters. The molecule has 4 saturated heterocycles. The Labute approximate surface area is 270 Å². The van der Waals surface area contributed by atoms with Crippen LogP contribution in [0.3, 0.4) is 0 Å². The summed E-state index contributed by atoms with van der Waals surface area (Å²) in [5, 5.41) is 13.8. The Morgan fingerprint density at radius 1 is 1.15 bits per heavy atom. The Morgan fingerprint density at radius 3 is 2.77 bits per heavy atom. The molecule has 4 aliphatic heterocycles. The van der Waals surface area contributed by atoms with Gasteiger partial charge in [0.05, 0.1) is 16.0 Å². The summed E-state index contributed by atoms with van der Waals surface area (Å²) in [6.07, 6.45) is 4.22. The summed E-state index contributed by atoms with van der Waals surface area (Å²) in [7, 11) is -3.71. The fourth-order valence-corrected chi connectivity index (χ4v) is 11.1. The summed E-state index contributed by atoms with van der Waals surface area (Å²) >= 11 is 0. The zero-order valence-electron chi connectivity index (χ0n) is 26.0. The van der Waals surface area contributed by atoms with Crippen LogP contribution in [0.1, 0.15) is 62.0 Å². The molecule has 8 rings (SSSR count). The van der Waals surface area contributed by atoms with Crippen LogP contribution in [0.2, 0.25) is 0 Å². The van der Waals surface area contributed by atoms with Crippen molar-refractivity contribution in [3.05, 3.63) is 53.4 Å². The zero-order chi connectivity index (χ0) is 32.7. The Bertz CT molecular complexity index is 2040. The number of hydrogen-bond donors (Lipinski definition) is 2. The van der Waals surface area contributed by atoms with Crippen molar-refractivity contribution in [2.24, 2.45) is 0 Å². The Hall–Kier alpha value is -3.55. The van der Waals surface area contributed by atoms with Crippen molar-refractivity contribution in [2.45, 2.75) is 73.6 Å². The number of aryl methyl sites for hydroxylation is 1. The lowest BCUT2D eigenvalue weighted by molar-refractivity contribution is 0.107. The van der Waals surface area contributed by atoms with Crippen LogP contribution in [0, 0.1) is 11.6 Å². The average Bonchev–Trinajstić information content (AvgIpc) is 3.58. The number of phenols is 1. The number of ether oxygens (including phenoxy) is 1. The molecule has 2 aromatic carbocycles. The van der Waals surface area contributed by atoms with Crippen molar-refractivity contribution in [2.75, 3.05) is 32.8 Å². The molecule has 4 aromatic rings. The van der Waals surface area contributed by atoms with E-state index in [0.717, 1.165) is 32.4 Å². The number of sulfone groups is 1. The lowest BCUT2D eigenvalue weighted by Gasteiger charge is -2.49. The number of nitrogens with zero attached hydrogens (tertiary/aromatic N) is 4. The van der Waals surface area contributed by atoms with Gasteiger partial charge in [0.25, 0.3) is 0 Å². The van der Waals surface area contributed by atoms with E-state index in [1.807, 2.05) is 0 Å². The summed E-state index contributed by atoms with van der Waals surface area (Å²) in [4.78, 5) is 15.6. The van der Waals surface area contributed by atoms with E-state index in [0.29, 0.717) is 55.1 Å². The van der Waals surface area contributed by atoms with Crippen LogP contribution in [0.5, 0.6) is 11.8 Å². The summed E-state index contributed by atoms with van der Waals surface area (Å²) in [5.41, 5.74) is -0.231. The van der Waals surface area contributed by atoms with Crippen LogP contribution >= 0.6 is 0 Å². The molecular weight excluding hydrogens is 631 g/mol. The van der Waals surface area contributed by atoms with Gasteiger partial charge in [-0.25, -0.2) is 21.6 Å². The SMILES string of the molecule is CCc1c(F)ccc2cc(O)cc(-c3ncc4c(C5CC6(CCCNC6)S5(=O)=O)nc(OC[C@@]56CCCN5C[C@H](F)C6)nc4c3F)c12. The highest BCUT2D eigenvalue weighted by Gasteiger charge is 2.61. The fraction of sp³-hybridized carbons (Fsp3) is 0.500. The molecule has 0 radical (unpaired) electrons. The van der Waals surface area contributed by atoms with Gasteiger partial charge in [-0.2, -0.15) is 9.97 Å². The monoisotopic (exact) mass is 667 g/mol. The first-order valence-electron chi connectivity index (χ1n) is 16.3. The normalized spacial score (nSPS) is 28.6. The Morgan fingerprint density at radius 2 is 2.00 bits per heavy atom. The van der Waals surface area contributed by atoms with Crippen LogP contribution in [0.25, 0.3) is 32.9 Å². The number of piperidine rings is 1. The van der Waals surface area contributed by atoms with Gasteiger partial charge in [0.1, 0.15) is 40.8 Å². The van der Waals surface area contributed by atoms with E-state index in [1.165, 1.54) is 30.5 Å². The van der Waals surface area contributed by atoms with Crippen LogP contribution < -0.4 is 10.1 Å². The van der Waals surface area contributed by atoms with Crippen molar-refractivity contribution in [3.8, 4) is 23.0 Å². The van der Waals surface area contributed by atoms with Crippen LogP contribution in [-0.2, 0) is 16.3 Å². The van der Waals surface area contributed by atoms with E-state index >= 15 is 4.39 Å². The van der Waals surface area contributed by atoms with Gasteiger partial charge in [0.2, 0.25) is 0 Å². The largest absolute Gasteiger partial charge is 0.508 e. The van der Waals surface area contributed by atoms with E-state index in [4.69, 9.17) is 4.74 Å². The standard InChI is InChI=1S/C34H36F3N5O4S/c1-2-22-25(36)6-5-19-11-21(43)12-23(27(19)22)30-28(37)31-24(15-39-30)29(26-14-34(47(26,44)45)8-3-9-38-17-34)40-32(41-31)46-18-33-7-4-10-42(33)16-20(35)13-33/h5-6,11-12,15,20,26,38,43H,2-4,7-10,13-14,16-18H2,1H3/t20-,26?,33+,34?/m1/s1. The molecule has 0 aliphatic carbocycles. The quantitative estimate of drug-likeness (QED) is 0.282. The number of halogens is 3. The van der Waals surface area contributed by atoms with E-state index in [-0.39, 0.29) is 46.2 Å². The van der Waals surface area contributed by atoms with Crippen molar-refractivity contribution in [1.82, 2.24) is 25.2 Å². The molecular formula is C34H36F3N5O4S. The molecule has 248 valence electrons. The van der Waals surface area contributed by atoms with Crippen LogP contribution in [-0.4, -0.2) is 82.6 Å². The molecule has 0 bridgehead atoms. The van der Waals surface area contributed by atoms with Gasteiger partial charge in [-0.05, 0) is 86.1 Å². The first-order valence-corrected chi connectivity index (χ1v) is 17.9. The number of alkyl halides is 1. The number of hydrogen-bond acceptors (Lipinski definition) is 9. The third-order valence-corrected chi connectivity index (χ3v) is 13.8. The smallest absolute Gasteiger partial charge is 0.317 e. The van der Waals surface area contributed by atoms with Gasteiger partial charge >= 0.3 is 6.01 Å². The van der Waals surface area contributed by atoms with Gasteiger partial charge < -0.3 is 15.2 Å². The van der Waals surface area contributed by atoms with Gasteiger partial charge in [-0.3, -0.25) is 9.88 Å². The second kappa shape index (κ2) is 11.0. The van der Waals surface area contributed by atoms with Crippen molar-refractivity contribution < 1.29 is 31.4 Å². The molecule has 13 heteroatoms. The zero-order valence-corrected chi connectivity index (χ0v) is 26.8. The van der Waals surface area contributed by atoms with E-state index in [1.54, 1.807) is 6.92 Å². The lowest BCUT2D eigenvalue weighted by atomic mass is 9.90. The molecule has 1 spiro atoms. The maximum Gasteiger partial charge on any atom is 0.317 e. The highest BCUT2D eigenvalue weighted by molar-refractivity contribution is 7.94. The van der Waals surface area contributed by atoms with Crippen molar-refractivity contribution in [1.29, 1.82) is 0 Å². The molecule has 4 fully saturated rings. The molecule has 6 heterocycles. The minimum atomic E-state index is -3.71. The first kappa shape index (κ1) is 30.8. The number of phenolic OH excluding ortho intramolecular Hbond substituents is 1. The van der Waals surface area contributed by atoms with E-state index in [9.17, 15) is 22.3 Å². The number of rotatable bonds is 6. The summed E-state index contributed by atoms with van der Waals surface area (Å²) < 4.78 is 79.4. The van der Waals surface area contributed by atoms with Crippen LogP contribution in [0.4, 0.5) is 13.2 Å². The topological polar surface area (TPSA) is 118 Å². The summed E-state index contributed by atoms with van der Waals surface area (Å²) in [6, 6.07) is 5.47. The molecule has 4 aliphatic rings. The molecule has 47 heavy (non-hydrogen) atoms. The number of aromatic hydroxyl groups is 1. The van der Waals surface area contributed by atoms with Crippen molar-refractivity contribution >= 4 is 31.5 Å².